The van der Waals surface area contributed by atoms with Crippen LogP contribution in [0.1, 0.15) is 11.9 Å². The van der Waals surface area contributed by atoms with Gasteiger partial charge in [-0.2, -0.15) is 5.10 Å². The van der Waals surface area contributed by atoms with Crippen LogP contribution in [0, 0.1) is 0 Å². The van der Waals surface area contributed by atoms with Crippen LogP contribution in [0.4, 0.5) is 0 Å². The lowest BCUT2D eigenvalue weighted by Crippen LogP contribution is -1.96. The second kappa shape index (κ2) is 2.59. The standard InChI is InChI=1S/C5H7N3S/c1-4(8-6)5-7-2-3-9-5/h2-3H,6H2,1H3/b8-4-. The van der Waals surface area contributed by atoms with Gasteiger partial charge in [0.25, 0.3) is 0 Å². The van der Waals surface area contributed by atoms with Crippen LogP contribution < -0.4 is 5.84 Å². The molecular formula is C5H7N3S. The van der Waals surface area contributed by atoms with Crippen molar-refractivity contribution in [3.63, 3.8) is 0 Å². The summed E-state index contributed by atoms with van der Waals surface area (Å²) in [5, 5.41) is 6.27. The maximum Gasteiger partial charge on any atom is 0.139 e. The number of nitrogens with two attached hydrogens (primary N) is 1. The molecule has 0 radical (unpaired) electrons. The molecule has 0 saturated heterocycles. The summed E-state index contributed by atoms with van der Waals surface area (Å²) < 4.78 is 0. The third-order valence-electron chi connectivity index (χ3n) is 0.935. The molecule has 0 atom stereocenters. The highest BCUT2D eigenvalue weighted by Crippen LogP contribution is 2.03. The Morgan fingerprint density at radius 1 is 1.89 bits per heavy atom. The Kier molecular flexibility index (Phi) is 1.79. The van der Waals surface area contributed by atoms with Crippen LogP contribution >= 0.6 is 11.3 Å². The Labute approximate surface area is 57.2 Å². The Morgan fingerprint density at radius 3 is 3.11 bits per heavy atom. The van der Waals surface area contributed by atoms with Gasteiger partial charge < -0.3 is 5.84 Å². The molecule has 0 aromatic carbocycles. The van der Waals surface area contributed by atoms with Crippen molar-refractivity contribution in [2.75, 3.05) is 0 Å². The minimum absolute atomic E-state index is 0.782. The molecule has 2 N–H and O–H groups in total. The highest BCUT2D eigenvalue weighted by molar-refractivity contribution is 7.11. The van der Waals surface area contributed by atoms with Gasteiger partial charge in [0.1, 0.15) is 5.01 Å². The third kappa shape index (κ3) is 1.26. The largest absolute Gasteiger partial charge is 0.323 e. The van der Waals surface area contributed by atoms with Crippen molar-refractivity contribution in [1.29, 1.82) is 0 Å². The first-order valence-electron chi connectivity index (χ1n) is 2.49. The zero-order valence-corrected chi connectivity index (χ0v) is 5.85. The molecule has 9 heavy (non-hydrogen) atoms. The van der Waals surface area contributed by atoms with Crippen molar-refractivity contribution in [1.82, 2.24) is 4.98 Å². The Bertz CT molecular complexity index is 202. The fourth-order valence-corrected chi connectivity index (χ4v) is 1.05. The van der Waals surface area contributed by atoms with E-state index < -0.39 is 0 Å². The summed E-state index contributed by atoms with van der Waals surface area (Å²) in [6.07, 6.45) is 1.73. The van der Waals surface area contributed by atoms with Crippen LogP contribution in [0.5, 0.6) is 0 Å². The minimum Gasteiger partial charge on any atom is -0.323 e. The van der Waals surface area contributed by atoms with Gasteiger partial charge in [-0.15, -0.1) is 11.3 Å². The van der Waals surface area contributed by atoms with E-state index in [2.05, 4.69) is 10.1 Å². The molecule has 0 unspecified atom stereocenters. The number of hydrogen-bond acceptors (Lipinski definition) is 4. The van der Waals surface area contributed by atoms with E-state index in [-0.39, 0.29) is 0 Å². The number of hydrogen-bond donors (Lipinski definition) is 1. The van der Waals surface area contributed by atoms with Gasteiger partial charge in [0.2, 0.25) is 0 Å². The topological polar surface area (TPSA) is 51.3 Å². The number of nitrogens with zero attached hydrogens (tertiary/aromatic N) is 2. The normalized spacial score (nSPS) is 11.9. The Balaban J connectivity index is 2.90. The average molecular weight is 141 g/mol. The maximum atomic E-state index is 5.02. The monoisotopic (exact) mass is 141 g/mol. The summed E-state index contributed by atoms with van der Waals surface area (Å²) in [6.45, 7) is 1.83. The van der Waals surface area contributed by atoms with Gasteiger partial charge in [0.15, 0.2) is 0 Å². The van der Waals surface area contributed by atoms with Gasteiger partial charge in [0, 0.05) is 11.6 Å². The number of hydrazone groups is 1. The fourth-order valence-electron chi connectivity index (χ4n) is 0.457. The van der Waals surface area contributed by atoms with Gasteiger partial charge in [0.05, 0.1) is 5.71 Å². The predicted octanol–water partition coefficient (Wildman–Crippen LogP) is 0.826. The molecule has 0 saturated carbocycles. The van der Waals surface area contributed by atoms with E-state index in [0.717, 1.165) is 10.7 Å². The van der Waals surface area contributed by atoms with Crippen LogP contribution in [-0.4, -0.2) is 10.7 Å². The molecule has 4 heteroatoms. The molecule has 1 heterocycles. The summed E-state index contributed by atoms with van der Waals surface area (Å²) in [4.78, 5) is 3.99. The lowest BCUT2D eigenvalue weighted by atomic mass is 10.5. The lowest BCUT2D eigenvalue weighted by molar-refractivity contribution is 1.23. The van der Waals surface area contributed by atoms with Gasteiger partial charge >= 0.3 is 0 Å². The van der Waals surface area contributed by atoms with Gasteiger partial charge in [-0.3, -0.25) is 0 Å². The summed E-state index contributed by atoms with van der Waals surface area (Å²) in [6, 6.07) is 0. The number of thiazole rings is 1. The van der Waals surface area contributed by atoms with E-state index in [1.54, 1.807) is 6.20 Å². The predicted molar refractivity (Wildman–Crippen MR) is 38.5 cm³/mol. The SMILES string of the molecule is C/C(=N/N)c1nccs1. The highest BCUT2D eigenvalue weighted by Gasteiger charge is 1.96. The summed E-state index contributed by atoms with van der Waals surface area (Å²) in [7, 11) is 0. The average Bonchev–Trinajstić information content (AvgIpc) is 2.37. The lowest BCUT2D eigenvalue weighted by Gasteiger charge is -1.86. The second-order valence-corrected chi connectivity index (χ2v) is 2.45. The molecule has 0 aliphatic carbocycles. The molecular weight excluding hydrogens is 134 g/mol. The van der Waals surface area contributed by atoms with E-state index in [0.29, 0.717) is 0 Å². The summed E-state index contributed by atoms with van der Waals surface area (Å²) in [5.41, 5.74) is 0.782. The molecule has 48 valence electrons. The molecule has 1 aromatic heterocycles. The molecule has 1 rings (SSSR count). The summed E-state index contributed by atoms with van der Waals surface area (Å²) >= 11 is 1.53. The van der Waals surface area contributed by atoms with Crippen LogP contribution in [0.25, 0.3) is 0 Å². The quantitative estimate of drug-likeness (QED) is 0.357. The fraction of sp³-hybridized carbons (Fsp3) is 0.200. The number of aromatic nitrogens is 1. The molecule has 0 fully saturated rings. The minimum atomic E-state index is 0.782. The van der Waals surface area contributed by atoms with Crippen LogP contribution in [0.3, 0.4) is 0 Å². The van der Waals surface area contributed by atoms with E-state index in [1.807, 2.05) is 12.3 Å². The summed E-state index contributed by atoms with van der Waals surface area (Å²) in [5.74, 6) is 5.02. The van der Waals surface area contributed by atoms with Crippen LogP contribution in [0.15, 0.2) is 16.7 Å². The van der Waals surface area contributed by atoms with Crippen LogP contribution in [-0.2, 0) is 0 Å². The molecule has 0 bridgehead atoms. The molecule has 0 aliphatic heterocycles. The van der Waals surface area contributed by atoms with Crippen molar-refractivity contribution in [3.05, 3.63) is 16.6 Å². The van der Waals surface area contributed by atoms with E-state index in [4.69, 9.17) is 5.84 Å². The molecule has 1 aromatic rings. The molecule has 0 amide bonds. The molecule has 0 spiro atoms. The molecule has 0 aliphatic rings. The number of rotatable bonds is 1. The van der Waals surface area contributed by atoms with Crippen molar-refractivity contribution in [2.24, 2.45) is 10.9 Å². The second-order valence-electron chi connectivity index (χ2n) is 1.55. The van der Waals surface area contributed by atoms with Gasteiger partial charge in [-0.1, -0.05) is 0 Å². The first kappa shape index (κ1) is 6.22. The zero-order valence-electron chi connectivity index (χ0n) is 5.03. The smallest absolute Gasteiger partial charge is 0.139 e. The van der Waals surface area contributed by atoms with E-state index >= 15 is 0 Å². The zero-order chi connectivity index (χ0) is 6.69. The Morgan fingerprint density at radius 2 is 2.67 bits per heavy atom. The van der Waals surface area contributed by atoms with Crippen LogP contribution in [0.2, 0.25) is 0 Å². The van der Waals surface area contributed by atoms with Crippen molar-refractivity contribution >= 4 is 17.0 Å². The molecule has 3 nitrogen and oxygen atoms in total. The third-order valence-corrected chi connectivity index (χ3v) is 1.82. The highest BCUT2D eigenvalue weighted by atomic mass is 32.1. The maximum absolute atomic E-state index is 5.02. The first-order chi connectivity index (χ1) is 4.34. The van der Waals surface area contributed by atoms with Gasteiger partial charge in [-0.25, -0.2) is 4.98 Å². The van der Waals surface area contributed by atoms with E-state index in [9.17, 15) is 0 Å². The van der Waals surface area contributed by atoms with E-state index in [1.165, 1.54) is 11.3 Å². The van der Waals surface area contributed by atoms with Crippen molar-refractivity contribution in [3.8, 4) is 0 Å². The Hall–Kier alpha value is -0.900. The van der Waals surface area contributed by atoms with Crippen molar-refractivity contribution in [2.45, 2.75) is 6.92 Å². The first-order valence-corrected chi connectivity index (χ1v) is 3.37. The van der Waals surface area contributed by atoms with Gasteiger partial charge in [-0.05, 0) is 6.92 Å². The van der Waals surface area contributed by atoms with Crippen molar-refractivity contribution < 1.29 is 0 Å².